The second-order valence-electron chi connectivity index (χ2n) is 6.70. The van der Waals surface area contributed by atoms with Crippen molar-refractivity contribution in [1.29, 1.82) is 0 Å². The fourth-order valence-corrected chi connectivity index (χ4v) is 4.37. The molecular weight excluding hydrogens is 280 g/mol. The van der Waals surface area contributed by atoms with E-state index in [0.717, 1.165) is 35.6 Å². The molecule has 2 saturated carbocycles. The van der Waals surface area contributed by atoms with Gasteiger partial charge >= 0.3 is 0 Å². The number of rotatable bonds is 4. The molecule has 0 radical (unpaired) electrons. The molecule has 3 rings (SSSR count). The van der Waals surface area contributed by atoms with Crippen LogP contribution in [0.4, 0.5) is 0 Å². The molecule has 5 heteroatoms. The maximum Gasteiger partial charge on any atom is 0.166 e. The highest BCUT2D eigenvalue weighted by Crippen LogP contribution is 2.44. The molecule has 2 bridgehead atoms. The number of thiocarbonyl (C=S) groups is 1. The molecule has 1 aromatic rings. The zero-order chi connectivity index (χ0) is 15.0. The van der Waals surface area contributed by atoms with Crippen LogP contribution in [0.2, 0.25) is 0 Å². The van der Waals surface area contributed by atoms with Gasteiger partial charge in [-0.05, 0) is 69.1 Å². The summed E-state index contributed by atoms with van der Waals surface area (Å²) in [5, 5.41) is 12.2. The number of fused-ring (bicyclic) bond motifs is 2. The van der Waals surface area contributed by atoms with Gasteiger partial charge < -0.3 is 10.6 Å². The molecule has 0 aliphatic heterocycles. The van der Waals surface area contributed by atoms with Crippen LogP contribution in [0.3, 0.4) is 0 Å². The average Bonchev–Trinajstić information content (AvgIpc) is 3.10. The van der Waals surface area contributed by atoms with Gasteiger partial charge in [0.1, 0.15) is 0 Å². The Balaban J connectivity index is 1.44. The zero-order valence-corrected chi connectivity index (χ0v) is 14.1. The van der Waals surface area contributed by atoms with E-state index < -0.39 is 0 Å². The second-order valence-corrected chi connectivity index (χ2v) is 7.11. The van der Waals surface area contributed by atoms with Crippen molar-refractivity contribution < 1.29 is 0 Å². The van der Waals surface area contributed by atoms with Crippen LogP contribution in [0.25, 0.3) is 0 Å². The number of hydrogen-bond donors (Lipinski definition) is 2. The highest BCUT2D eigenvalue weighted by molar-refractivity contribution is 7.80. The maximum absolute atomic E-state index is 5.45. The van der Waals surface area contributed by atoms with Gasteiger partial charge in [-0.2, -0.15) is 5.10 Å². The molecular formula is C16H26N4S. The van der Waals surface area contributed by atoms with E-state index in [1.54, 1.807) is 0 Å². The molecule has 3 atom stereocenters. The topological polar surface area (TPSA) is 41.9 Å². The molecule has 21 heavy (non-hydrogen) atoms. The number of nitrogens with one attached hydrogen (secondary N) is 2. The van der Waals surface area contributed by atoms with Crippen molar-refractivity contribution in [2.75, 3.05) is 6.54 Å². The molecule has 0 spiro atoms. The molecule has 0 aromatic carbocycles. The SMILES string of the molecule is Cc1nn(C)c(C)c1CCNC(=S)N[C@@H]1C[C@H]2CC[C@H]1C2. The first-order valence-corrected chi connectivity index (χ1v) is 8.49. The van der Waals surface area contributed by atoms with E-state index in [9.17, 15) is 0 Å². The van der Waals surface area contributed by atoms with Crippen LogP contribution < -0.4 is 10.6 Å². The van der Waals surface area contributed by atoms with E-state index in [2.05, 4.69) is 29.6 Å². The Labute approximate surface area is 132 Å². The second kappa shape index (κ2) is 5.95. The van der Waals surface area contributed by atoms with E-state index in [1.165, 1.54) is 36.9 Å². The van der Waals surface area contributed by atoms with Crippen LogP contribution in [0.15, 0.2) is 0 Å². The third-order valence-corrected chi connectivity index (χ3v) is 5.64. The first-order valence-electron chi connectivity index (χ1n) is 8.08. The summed E-state index contributed by atoms with van der Waals surface area (Å²) in [5.41, 5.74) is 3.72. The van der Waals surface area contributed by atoms with Gasteiger partial charge in [-0.3, -0.25) is 4.68 Å². The molecule has 1 aromatic heterocycles. The average molecular weight is 306 g/mol. The first kappa shape index (κ1) is 14.8. The predicted molar refractivity (Wildman–Crippen MR) is 89.4 cm³/mol. The van der Waals surface area contributed by atoms with Gasteiger partial charge in [0.15, 0.2) is 5.11 Å². The number of aryl methyl sites for hydroxylation is 2. The molecule has 1 heterocycles. The standard InChI is InChI=1S/C16H26N4S/c1-10-14(11(2)20(3)19-10)6-7-17-16(21)18-15-9-12-4-5-13(15)8-12/h12-13,15H,4-9H2,1-3H3,(H2,17,18,21)/t12-,13-,15+/m0/s1. The molecule has 116 valence electrons. The van der Waals surface area contributed by atoms with E-state index >= 15 is 0 Å². The lowest BCUT2D eigenvalue weighted by Crippen LogP contribution is -2.44. The summed E-state index contributed by atoms with van der Waals surface area (Å²) in [5.74, 6) is 1.81. The van der Waals surface area contributed by atoms with Gasteiger partial charge in [-0.1, -0.05) is 6.42 Å². The van der Waals surface area contributed by atoms with Crippen molar-refractivity contribution in [2.45, 2.75) is 52.0 Å². The Hall–Kier alpha value is -1.10. The van der Waals surface area contributed by atoms with Crippen molar-refractivity contribution in [2.24, 2.45) is 18.9 Å². The van der Waals surface area contributed by atoms with Crippen LogP contribution >= 0.6 is 12.2 Å². The number of aromatic nitrogens is 2. The summed E-state index contributed by atoms with van der Waals surface area (Å²) in [6.07, 6.45) is 6.52. The van der Waals surface area contributed by atoms with Crippen molar-refractivity contribution >= 4 is 17.3 Å². The first-order chi connectivity index (χ1) is 10.0. The summed E-state index contributed by atoms with van der Waals surface area (Å²) in [6.45, 7) is 5.08. The highest BCUT2D eigenvalue weighted by atomic mass is 32.1. The summed E-state index contributed by atoms with van der Waals surface area (Å²) in [4.78, 5) is 0. The quantitative estimate of drug-likeness (QED) is 0.837. The van der Waals surface area contributed by atoms with Crippen molar-refractivity contribution in [3.8, 4) is 0 Å². The van der Waals surface area contributed by atoms with E-state index in [1.807, 2.05) is 11.7 Å². The third kappa shape index (κ3) is 3.07. The predicted octanol–water partition coefficient (Wildman–Crippen LogP) is 2.23. The Bertz CT molecular complexity index is 537. The van der Waals surface area contributed by atoms with Gasteiger partial charge in [0, 0.05) is 25.3 Å². The van der Waals surface area contributed by atoms with E-state index in [4.69, 9.17) is 12.2 Å². The van der Waals surface area contributed by atoms with Crippen LogP contribution in [0.5, 0.6) is 0 Å². The van der Waals surface area contributed by atoms with Crippen molar-refractivity contribution in [1.82, 2.24) is 20.4 Å². The largest absolute Gasteiger partial charge is 0.362 e. The third-order valence-electron chi connectivity index (χ3n) is 5.37. The molecule has 0 amide bonds. The highest BCUT2D eigenvalue weighted by Gasteiger charge is 2.39. The summed E-state index contributed by atoms with van der Waals surface area (Å²) in [6, 6.07) is 0.616. The molecule has 2 N–H and O–H groups in total. The van der Waals surface area contributed by atoms with Gasteiger partial charge in [-0.25, -0.2) is 0 Å². The van der Waals surface area contributed by atoms with Crippen molar-refractivity contribution in [3.63, 3.8) is 0 Å². The summed E-state index contributed by atoms with van der Waals surface area (Å²) < 4.78 is 1.95. The molecule has 0 saturated heterocycles. The number of hydrogen-bond acceptors (Lipinski definition) is 2. The Morgan fingerprint density at radius 2 is 2.14 bits per heavy atom. The molecule has 2 aliphatic rings. The maximum atomic E-state index is 5.45. The molecule has 4 nitrogen and oxygen atoms in total. The van der Waals surface area contributed by atoms with E-state index in [0.29, 0.717) is 6.04 Å². The lowest BCUT2D eigenvalue weighted by atomic mass is 9.96. The Morgan fingerprint density at radius 1 is 1.33 bits per heavy atom. The zero-order valence-electron chi connectivity index (χ0n) is 13.3. The van der Waals surface area contributed by atoms with Crippen LogP contribution in [0, 0.1) is 25.7 Å². The normalized spacial score (nSPS) is 27.1. The fourth-order valence-electron chi connectivity index (χ4n) is 4.12. The molecule has 2 fully saturated rings. The van der Waals surface area contributed by atoms with Gasteiger partial charge in [-0.15, -0.1) is 0 Å². The minimum Gasteiger partial charge on any atom is -0.362 e. The van der Waals surface area contributed by atoms with Gasteiger partial charge in [0.05, 0.1) is 5.69 Å². The minimum absolute atomic E-state index is 0.616. The lowest BCUT2D eigenvalue weighted by Gasteiger charge is -2.24. The monoisotopic (exact) mass is 306 g/mol. The molecule has 2 aliphatic carbocycles. The summed E-state index contributed by atoms with van der Waals surface area (Å²) in [7, 11) is 2.00. The summed E-state index contributed by atoms with van der Waals surface area (Å²) >= 11 is 5.45. The van der Waals surface area contributed by atoms with Crippen LogP contribution in [0.1, 0.15) is 42.6 Å². The number of nitrogens with zero attached hydrogens (tertiary/aromatic N) is 2. The Kier molecular flexibility index (Phi) is 4.20. The minimum atomic E-state index is 0.616. The van der Waals surface area contributed by atoms with Crippen LogP contribution in [-0.2, 0) is 13.5 Å². The van der Waals surface area contributed by atoms with Gasteiger partial charge in [0.25, 0.3) is 0 Å². The smallest absolute Gasteiger partial charge is 0.166 e. The van der Waals surface area contributed by atoms with Crippen molar-refractivity contribution in [3.05, 3.63) is 17.0 Å². The fraction of sp³-hybridized carbons (Fsp3) is 0.750. The molecule has 0 unspecified atom stereocenters. The Morgan fingerprint density at radius 3 is 2.71 bits per heavy atom. The van der Waals surface area contributed by atoms with E-state index in [-0.39, 0.29) is 0 Å². The van der Waals surface area contributed by atoms with Crippen LogP contribution in [-0.4, -0.2) is 27.5 Å². The van der Waals surface area contributed by atoms with Gasteiger partial charge in [0.2, 0.25) is 0 Å². The lowest BCUT2D eigenvalue weighted by molar-refractivity contribution is 0.389.